The van der Waals surface area contributed by atoms with E-state index in [4.69, 9.17) is 4.74 Å². The molecular weight excluding hydrogens is 258 g/mol. The molecule has 0 radical (unpaired) electrons. The summed E-state index contributed by atoms with van der Waals surface area (Å²) >= 11 is 0. The third kappa shape index (κ3) is 4.47. The Morgan fingerprint density at radius 3 is 3.00 bits per heavy atom. The average molecular weight is 279 g/mol. The van der Waals surface area contributed by atoms with Gasteiger partial charge in [0, 0.05) is 5.69 Å². The molecule has 0 atom stereocenters. The standard InChI is InChI=1S/C14H21N3O3/c1-10-2-3-12(18)14(16-10)17-13(19)6-9-20-11-4-7-15-8-5-11/h2-3,11,15,18H,4-9H2,1H3,(H,16,17,19). The SMILES string of the molecule is Cc1ccc(O)c(NC(=O)CCOC2CCNCC2)n1. The van der Waals surface area contributed by atoms with E-state index in [1.165, 1.54) is 6.07 Å². The van der Waals surface area contributed by atoms with Gasteiger partial charge >= 0.3 is 0 Å². The zero-order valence-corrected chi connectivity index (χ0v) is 11.7. The highest BCUT2D eigenvalue weighted by Gasteiger charge is 2.14. The molecule has 20 heavy (non-hydrogen) atoms. The lowest BCUT2D eigenvalue weighted by Gasteiger charge is -2.22. The van der Waals surface area contributed by atoms with Crippen molar-refractivity contribution in [2.24, 2.45) is 0 Å². The maximum Gasteiger partial charge on any atom is 0.227 e. The van der Waals surface area contributed by atoms with Crippen LogP contribution in [0.15, 0.2) is 12.1 Å². The van der Waals surface area contributed by atoms with E-state index >= 15 is 0 Å². The third-order valence-electron chi connectivity index (χ3n) is 3.24. The monoisotopic (exact) mass is 279 g/mol. The maximum absolute atomic E-state index is 11.8. The van der Waals surface area contributed by atoms with Crippen molar-refractivity contribution in [3.8, 4) is 5.75 Å². The van der Waals surface area contributed by atoms with Crippen LogP contribution in [0.25, 0.3) is 0 Å². The van der Waals surface area contributed by atoms with Gasteiger partial charge in [0.15, 0.2) is 11.6 Å². The molecule has 2 rings (SSSR count). The van der Waals surface area contributed by atoms with Crippen LogP contribution in [0.1, 0.15) is 25.0 Å². The number of piperidine rings is 1. The fraction of sp³-hybridized carbons (Fsp3) is 0.571. The number of ether oxygens (including phenoxy) is 1. The van der Waals surface area contributed by atoms with Crippen molar-refractivity contribution in [1.29, 1.82) is 0 Å². The topological polar surface area (TPSA) is 83.5 Å². The highest BCUT2D eigenvalue weighted by Crippen LogP contribution is 2.20. The Balaban J connectivity index is 1.73. The molecule has 0 aromatic carbocycles. The number of amides is 1. The van der Waals surface area contributed by atoms with Crippen molar-refractivity contribution in [2.45, 2.75) is 32.3 Å². The summed E-state index contributed by atoms with van der Waals surface area (Å²) in [7, 11) is 0. The lowest BCUT2D eigenvalue weighted by Crippen LogP contribution is -2.33. The second kappa shape index (κ2) is 7.21. The lowest BCUT2D eigenvalue weighted by atomic mass is 10.1. The molecule has 1 saturated heterocycles. The normalized spacial score (nSPS) is 16.1. The Bertz CT molecular complexity index is 459. The lowest BCUT2D eigenvalue weighted by molar-refractivity contribution is -0.117. The number of aromatic hydroxyl groups is 1. The molecule has 1 amide bonds. The van der Waals surface area contributed by atoms with Crippen molar-refractivity contribution in [3.63, 3.8) is 0 Å². The molecule has 3 N–H and O–H groups in total. The number of nitrogens with zero attached hydrogens (tertiary/aromatic N) is 1. The molecule has 1 fully saturated rings. The predicted octanol–water partition coefficient (Wildman–Crippen LogP) is 1.19. The van der Waals surface area contributed by atoms with Gasteiger partial charge in [-0.25, -0.2) is 4.98 Å². The fourth-order valence-corrected chi connectivity index (χ4v) is 2.12. The number of rotatable bonds is 5. The number of carbonyl (C=O) groups is 1. The Morgan fingerprint density at radius 2 is 2.25 bits per heavy atom. The zero-order valence-electron chi connectivity index (χ0n) is 11.7. The largest absolute Gasteiger partial charge is 0.504 e. The second-order valence-electron chi connectivity index (χ2n) is 4.94. The van der Waals surface area contributed by atoms with Gasteiger partial charge in [0.05, 0.1) is 19.1 Å². The predicted molar refractivity (Wildman–Crippen MR) is 75.7 cm³/mol. The van der Waals surface area contributed by atoms with Gasteiger partial charge in [-0.15, -0.1) is 0 Å². The number of pyridine rings is 1. The highest BCUT2D eigenvalue weighted by atomic mass is 16.5. The molecule has 0 aliphatic carbocycles. The molecule has 0 saturated carbocycles. The van der Waals surface area contributed by atoms with Crippen molar-refractivity contribution in [3.05, 3.63) is 17.8 Å². The van der Waals surface area contributed by atoms with Gasteiger partial charge in [-0.1, -0.05) is 0 Å². The van der Waals surface area contributed by atoms with E-state index < -0.39 is 0 Å². The summed E-state index contributed by atoms with van der Waals surface area (Å²) in [6, 6.07) is 3.20. The van der Waals surface area contributed by atoms with Gasteiger partial charge in [0.2, 0.25) is 5.91 Å². The average Bonchev–Trinajstić information content (AvgIpc) is 2.44. The van der Waals surface area contributed by atoms with Crippen molar-refractivity contribution < 1.29 is 14.6 Å². The van der Waals surface area contributed by atoms with Crippen LogP contribution < -0.4 is 10.6 Å². The molecule has 1 aromatic rings. The molecule has 1 aromatic heterocycles. The van der Waals surface area contributed by atoms with E-state index in [9.17, 15) is 9.90 Å². The Labute approximate surface area is 118 Å². The second-order valence-corrected chi connectivity index (χ2v) is 4.94. The van der Waals surface area contributed by atoms with Crippen molar-refractivity contribution in [2.75, 3.05) is 25.0 Å². The number of carbonyl (C=O) groups excluding carboxylic acids is 1. The summed E-state index contributed by atoms with van der Waals surface area (Å²) in [6.45, 7) is 4.13. The van der Waals surface area contributed by atoms with Crippen LogP contribution >= 0.6 is 0 Å². The van der Waals surface area contributed by atoms with E-state index in [0.29, 0.717) is 6.61 Å². The van der Waals surface area contributed by atoms with Crippen LogP contribution in [0.5, 0.6) is 5.75 Å². The number of aromatic nitrogens is 1. The van der Waals surface area contributed by atoms with Gasteiger partial charge in [-0.2, -0.15) is 0 Å². The number of anilines is 1. The van der Waals surface area contributed by atoms with E-state index in [1.807, 2.05) is 0 Å². The van der Waals surface area contributed by atoms with Gasteiger partial charge < -0.3 is 20.5 Å². The first-order chi connectivity index (χ1) is 9.65. The molecule has 0 bridgehead atoms. The molecule has 6 heteroatoms. The summed E-state index contributed by atoms with van der Waals surface area (Å²) in [5.41, 5.74) is 0.740. The van der Waals surface area contributed by atoms with Crippen LogP contribution in [0.4, 0.5) is 5.82 Å². The highest BCUT2D eigenvalue weighted by molar-refractivity contribution is 5.91. The first-order valence-electron chi connectivity index (χ1n) is 6.94. The van der Waals surface area contributed by atoms with E-state index in [2.05, 4.69) is 15.6 Å². The van der Waals surface area contributed by atoms with Gasteiger partial charge in [0.25, 0.3) is 0 Å². The Kier molecular flexibility index (Phi) is 5.31. The molecular formula is C14H21N3O3. The van der Waals surface area contributed by atoms with Gasteiger partial charge in [0.1, 0.15) is 0 Å². The minimum absolute atomic E-state index is 0.0248. The quantitative estimate of drug-likeness (QED) is 0.754. The molecule has 0 unspecified atom stereocenters. The molecule has 0 spiro atoms. The minimum atomic E-state index is -0.202. The smallest absolute Gasteiger partial charge is 0.227 e. The third-order valence-corrected chi connectivity index (χ3v) is 3.24. The molecule has 110 valence electrons. The van der Waals surface area contributed by atoms with E-state index in [-0.39, 0.29) is 30.0 Å². The Hall–Kier alpha value is -1.66. The maximum atomic E-state index is 11.8. The summed E-state index contributed by atoms with van der Waals surface area (Å²) in [6.07, 6.45) is 2.48. The number of nitrogens with one attached hydrogen (secondary N) is 2. The molecule has 1 aliphatic heterocycles. The van der Waals surface area contributed by atoms with Gasteiger partial charge in [-0.3, -0.25) is 4.79 Å². The number of hydrogen-bond acceptors (Lipinski definition) is 5. The van der Waals surface area contributed by atoms with E-state index in [0.717, 1.165) is 31.6 Å². The van der Waals surface area contributed by atoms with Gasteiger partial charge in [-0.05, 0) is 45.0 Å². The van der Waals surface area contributed by atoms with Crippen molar-refractivity contribution >= 4 is 11.7 Å². The van der Waals surface area contributed by atoms with Crippen LogP contribution in [0.3, 0.4) is 0 Å². The minimum Gasteiger partial charge on any atom is -0.504 e. The Morgan fingerprint density at radius 1 is 1.50 bits per heavy atom. The molecule has 1 aliphatic rings. The molecule has 2 heterocycles. The summed E-state index contributed by atoms with van der Waals surface area (Å²) in [5, 5.41) is 15.5. The summed E-state index contributed by atoms with van der Waals surface area (Å²) in [5.74, 6) is -0.0209. The molecule has 6 nitrogen and oxygen atoms in total. The first-order valence-corrected chi connectivity index (χ1v) is 6.94. The van der Waals surface area contributed by atoms with Crippen LogP contribution in [-0.2, 0) is 9.53 Å². The van der Waals surface area contributed by atoms with Crippen LogP contribution in [-0.4, -0.2) is 41.8 Å². The van der Waals surface area contributed by atoms with Crippen LogP contribution in [0.2, 0.25) is 0 Å². The number of hydrogen-bond donors (Lipinski definition) is 3. The van der Waals surface area contributed by atoms with Crippen LogP contribution in [0, 0.1) is 6.92 Å². The zero-order chi connectivity index (χ0) is 14.4. The number of aryl methyl sites for hydroxylation is 1. The van der Waals surface area contributed by atoms with Crippen molar-refractivity contribution in [1.82, 2.24) is 10.3 Å². The first kappa shape index (κ1) is 14.7. The fourth-order valence-electron chi connectivity index (χ4n) is 2.12. The van der Waals surface area contributed by atoms with E-state index in [1.54, 1.807) is 13.0 Å². The summed E-state index contributed by atoms with van der Waals surface area (Å²) < 4.78 is 5.66. The summed E-state index contributed by atoms with van der Waals surface area (Å²) in [4.78, 5) is 15.8.